The van der Waals surface area contributed by atoms with E-state index in [1.165, 1.54) is 11.5 Å². The van der Waals surface area contributed by atoms with Crippen LogP contribution in [0.3, 0.4) is 0 Å². The quantitative estimate of drug-likeness (QED) is 0.809. The molecule has 0 amide bonds. The largest absolute Gasteiger partial charge is 0.379 e. The Hall–Kier alpha value is -0.980. The number of carbonyl (C=O) groups excluding carboxylic acids is 1. The Labute approximate surface area is 98.5 Å². The van der Waals surface area contributed by atoms with Gasteiger partial charge in [-0.05, 0) is 25.4 Å². The van der Waals surface area contributed by atoms with Crippen molar-refractivity contribution in [3.63, 3.8) is 0 Å². The second-order valence-corrected chi connectivity index (χ2v) is 4.51. The van der Waals surface area contributed by atoms with Gasteiger partial charge in [-0.15, -0.1) is 0 Å². The molecule has 0 aliphatic carbocycles. The standard InChI is InChI=1S/C10H15N3O2S/c1-7-9(8(2)14)10(16-12-7)11-13-3-5-15-6-4-13/h11H,3-6H2,1-2H3. The van der Waals surface area contributed by atoms with Gasteiger partial charge in [0, 0.05) is 13.1 Å². The molecule has 0 aromatic carbocycles. The maximum absolute atomic E-state index is 11.5. The number of nitrogens with one attached hydrogen (secondary N) is 1. The number of carbonyl (C=O) groups is 1. The van der Waals surface area contributed by atoms with Crippen molar-refractivity contribution < 1.29 is 9.53 Å². The Kier molecular flexibility index (Phi) is 3.52. The first-order valence-electron chi connectivity index (χ1n) is 5.25. The lowest BCUT2D eigenvalue weighted by molar-refractivity contribution is 0.0498. The smallest absolute Gasteiger partial charge is 0.164 e. The van der Waals surface area contributed by atoms with Crippen LogP contribution >= 0.6 is 11.5 Å². The lowest BCUT2D eigenvalue weighted by Gasteiger charge is -2.27. The molecule has 1 aliphatic heterocycles. The second kappa shape index (κ2) is 4.90. The number of rotatable bonds is 3. The number of hydrazine groups is 1. The third-order valence-electron chi connectivity index (χ3n) is 2.49. The molecule has 16 heavy (non-hydrogen) atoms. The highest BCUT2D eigenvalue weighted by atomic mass is 32.1. The van der Waals surface area contributed by atoms with Crippen molar-refractivity contribution in [2.24, 2.45) is 0 Å². The Morgan fingerprint density at radius 1 is 1.50 bits per heavy atom. The molecule has 0 atom stereocenters. The van der Waals surface area contributed by atoms with Crippen LogP contribution in [0.2, 0.25) is 0 Å². The number of morpholine rings is 1. The predicted octanol–water partition coefficient (Wildman–Crippen LogP) is 1.31. The minimum Gasteiger partial charge on any atom is -0.379 e. The van der Waals surface area contributed by atoms with Crippen LogP contribution in [-0.4, -0.2) is 41.5 Å². The summed E-state index contributed by atoms with van der Waals surface area (Å²) in [5, 5.41) is 2.90. The van der Waals surface area contributed by atoms with Gasteiger partial charge in [-0.1, -0.05) is 0 Å². The summed E-state index contributed by atoms with van der Waals surface area (Å²) in [5.41, 5.74) is 4.74. The topological polar surface area (TPSA) is 54.5 Å². The van der Waals surface area contributed by atoms with E-state index in [0.29, 0.717) is 5.56 Å². The molecule has 2 rings (SSSR count). The summed E-state index contributed by atoms with van der Waals surface area (Å²) in [4.78, 5) is 11.5. The van der Waals surface area contributed by atoms with Gasteiger partial charge in [0.1, 0.15) is 5.00 Å². The molecule has 1 N–H and O–H groups in total. The molecule has 88 valence electrons. The van der Waals surface area contributed by atoms with Crippen molar-refractivity contribution in [1.29, 1.82) is 0 Å². The summed E-state index contributed by atoms with van der Waals surface area (Å²) in [6.45, 7) is 6.53. The molecule has 1 fully saturated rings. The maximum atomic E-state index is 11.5. The molecule has 1 aromatic heterocycles. The number of Topliss-reactive ketones (excluding diaryl/α,β-unsaturated/α-hetero) is 1. The van der Waals surface area contributed by atoms with Crippen LogP contribution in [0.5, 0.6) is 0 Å². The molecular weight excluding hydrogens is 226 g/mol. The van der Waals surface area contributed by atoms with Crippen molar-refractivity contribution >= 4 is 22.3 Å². The van der Waals surface area contributed by atoms with Crippen LogP contribution in [0, 0.1) is 6.92 Å². The van der Waals surface area contributed by atoms with Crippen molar-refractivity contribution in [3.05, 3.63) is 11.3 Å². The summed E-state index contributed by atoms with van der Waals surface area (Å²) in [6.07, 6.45) is 0. The predicted molar refractivity (Wildman–Crippen MR) is 62.9 cm³/mol. The number of nitrogens with zero attached hydrogens (tertiary/aromatic N) is 2. The van der Waals surface area contributed by atoms with E-state index in [1.807, 2.05) is 6.92 Å². The van der Waals surface area contributed by atoms with E-state index in [0.717, 1.165) is 37.0 Å². The molecule has 0 spiro atoms. The van der Waals surface area contributed by atoms with E-state index < -0.39 is 0 Å². The molecule has 1 aromatic rings. The number of aromatic nitrogens is 1. The van der Waals surface area contributed by atoms with Gasteiger partial charge in [-0.2, -0.15) is 4.37 Å². The first-order chi connectivity index (χ1) is 7.68. The molecule has 0 saturated carbocycles. The molecule has 0 unspecified atom stereocenters. The van der Waals surface area contributed by atoms with Crippen LogP contribution in [0.15, 0.2) is 0 Å². The molecule has 1 saturated heterocycles. The Balaban J connectivity index is 2.11. The van der Waals surface area contributed by atoms with E-state index in [-0.39, 0.29) is 5.78 Å². The number of ether oxygens (including phenoxy) is 1. The van der Waals surface area contributed by atoms with Crippen molar-refractivity contribution in [3.8, 4) is 0 Å². The molecule has 1 aliphatic rings. The zero-order valence-electron chi connectivity index (χ0n) is 9.45. The maximum Gasteiger partial charge on any atom is 0.164 e. The summed E-state index contributed by atoms with van der Waals surface area (Å²) in [5.74, 6) is 0.0574. The van der Waals surface area contributed by atoms with E-state index >= 15 is 0 Å². The van der Waals surface area contributed by atoms with Crippen molar-refractivity contribution in [2.45, 2.75) is 13.8 Å². The SMILES string of the molecule is CC(=O)c1c(C)nsc1NN1CCOCC1. The average Bonchev–Trinajstić information content (AvgIpc) is 2.61. The van der Waals surface area contributed by atoms with E-state index in [2.05, 4.69) is 14.8 Å². The lowest BCUT2D eigenvalue weighted by Crippen LogP contribution is -2.40. The lowest BCUT2D eigenvalue weighted by atomic mass is 10.2. The molecule has 0 bridgehead atoms. The van der Waals surface area contributed by atoms with Crippen LogP contribution in [-0.2, 0) is 4.74 Å². The van der Waals surface area contributed by atoms with Gasteiger partial charge in [0.25, 0.3) is 0 Å². The molecular formula is C10H15N3O2S. The monoisotopic (exact) mass is 241 g/mol. The average molecular weight is 241 g/mol. The van der Waals surface area contributed by atoms with Gasteiger partial charge in [0.05, 0.1) is 24.5 Å². The van der Waals surface area contributed by atoms with E-state index in [4.69, 9.17) is 4.74 Å². The minimum atomic E-state index is 0.0574. The Morgan fingerprint density at radius 3 is 2.81 bits per heavy atom. The number of anilines is 1. The summed E-state index contributed by atoms with van der Waals surface area (Å²) in [7, 11) is 0. The van der Waals surface area contributed by atoms with Gasteiger partial charge < -0.3 is 10.2 Å². The highest BCUT2D eigenvalue weighted by Gasteiger charge is 2.18. The van der Waals surface area contributed by atoms with Crippen LogP contribution < -0.4 is 5.43 Å². The summed E-state index contributed by atoms with van der Waals surface area (Å²) < 4.78 is 9.46. The molecule has 0 radical (unpaired) electrons. The first kappa shape index (κ1) is 11.5. The van der Waals surface area contributed by atoms with Crippen LogP contribution in [0.1, 0.15) is 23.0 Å². The van der Waals surface area contributed by atoms with Gasteiger partial charge >= 0.3 is 0 Å². The Morgan fingerprint density at radius 2 is 2.19 bits per heavy atom. The molecule has 6 heteroatoms. The zero-order valence-corrected chi connectivity index (χ0v) is 10.3. The van der Waals surface area contributed by atoms with Gasteiger partial charge in [-0.3, -0.25) is 4.79 Å². The van der Waals surface area contributed by atoms with E-state index in [9.17, 15) is 4.79 Å². The van der Waals surface area contributed by atoms with Gasteiger partial charge in [0.2, 0.25) is 0 Å². The first-order valence-corrected chi connectivity index (χ1v) is 6.02. The fourth-order valence-corrected chi connectivity index (χ4v) is 2.55. The molecule has 5 nitrogen and oxygen atoms in total. The highest BCUT2D eigenvalue weighted by Crippen LogP contribution is 2.25. The summed E-state index contributed by atoms with van der Waals surface area (Å²) >= 11 is 1.33. The second-order valence-electron chi connectivity index (χ2n) is 3.74. The highest BCUT2D eigenvalue weighted by molar-refractivity contribution is 7.10. The third-order valence-corrected chi connectivity index (χ3v) is 3.33. The van der Waals surface area contributed by atoms with Crippen molar-refractivity contribution in [2.75, 3.05) is 31.7 Å². The van der Waals surface area contributed by atoms with E-state index in [1.54, 1.807) is 6.92 Å². The molecule has 2 heterocycles. The number of ketones is 1. The zero-order chi connectivity index (χ0) is 11.5. The third kappa shape index (κ3) is 2.40. The minimum absolute atomic E-state index is 0.0574. The van der Waals surface area contributed by atoms with Gasteiger partial charge in [0.15, 0.2) is 5.78 Å². The van der Waals surface area contributed by atoms with Crippen molar-refractivity contribution in [1.82, 2.24) is 9.38 Å². The summed E-state index contributed by atoms with van der Waals surface area (Å²) in [6, 6.07) is 0. The van der Waals surface area contributed by atoms with Gasteiger partial charge in [-0.25, -0.2) is 5.01 Å². The number of hydrogen-bond donors (Lipinski definition) is 1. The Bertz CT molecular complexity index is 385. The normalized spacial score (nSPS) is 17.4. The van der Waals surface area contributed by atoms with Crippen LogP contribution in [0.25, 0.3) is 0 Å². The number of aryl methyl sites for hydroxylation is 1. The fourth-order valence-electron chi connectivity index (χ4n) is 1.68. The van der Waals surface area contributed by atoms with Crippen LogP contribution in [0.4, 0.5) is 5.00 Å². The number of hydrogen-bond acceptors (Lipinski definition) is 6. The fraction of sp³-hybridized carbons (Fsp3) is 0.600.